The molecule has 0 spiro atoms. The van der Waals surface area contributed by atoms with E-state index in [1.807, 2.05) is 24.5 Å². The fraction of sp³-hybridized carbons (Fsp3) is 0.278. The fourth-order valence-electron chi connectivity index (χ4n) is 3.47. The van der Waals surface area contributed by atoms with Gasteiger partial charge in [0, 0.05) is 35.5 Å². The highest BCUT2D eigenvalue weighted by Gasteiger charge is 2.29. The zero-order valence-corrected chi connectivity index (χ0v) is 12.8. The zero-order valence-electron chi connectivity index (χ0n) is 12.8. The Labute approximate surface area is 129 Å². The van der Waals surface area contributed by atoms with Crippen molar-refractivity contribution in [2.24, 2.45) is 0 Å². The van der Waals surface area contributed by atoms with Crippen LogP contribution in [0.15, 0.2) is 42.7 Å². The number of benzene rings is 1. The van der Waals surface area contributed by atoms with Gasteiger partial charge in [0.1, 0.15) is 5.75 Å². The number of methoxy groups -OCH3 is 1. The number of aromatic nitrogens is 2. The van der Waals surface area contributed by atoms with E-state index >= 15 is 0 Å². The van der Waals surface area contributed by atoms with Gasteiger partial charge in [0.05, 0.1) is 13.2 Å². The van der Waals surface area contributed by atoms with Crippen LogP contribution in [0, 0.1) is 0 Å². The van der Waals surface area contributed by atoms with Crippen molar-refractivity contribution in [2.45, 2.75) is 12.5 Å². The lowest BCUT2D eigenvalue weighted by molar-refractivity contribution is 0.261. The van der Waals surface area contributed by atoms with Crippen LogP contribution < -0.4 is 4.74 Å². The minimum Gasteiger partial charge on any atom is -0.497 e. The Hall–Kier alpha value is -2.33. The molecule has 1 aliphatic heterocycles. The molecule has 0 amide bonds. The van der Waals surface area contributed by atoms with E-state index in [9.17, 15) is 0 Å². The minimum atomic E-state index is 0.232. The van der Waals surface area contributed by atoms with Gasteiger partial charge in [-0.15, -0.1) is 0 Å². The third-order valence-electron chi connectivity index (χ3n) is 4.58. The molecule has 1 N–H and O–H groups in total. The van der Waals surface area contributed by atoms with Gasteiger partial charge in [-0.05, 0) is 48.9 Å². The van der Waals surface area contributed by atoms with Gasteiger partial charge < -0.3 is 9.72 Å². The van der Waals surface area contributed by atoms with E-state index in [1.165, 1.54) is 27.7 Å². The highest BCUT2D eigenvalue weighted by Crippen LogP contribution is 2.38. The number of hydrogen-bond donors (Lipinski definition) is 1. The van der Waals surface area contributed by atoms with E-state index in [1.54, 1.807) is 7.11 Å². The number of likely N-dealkylation sites (N-methyl/N-ethyl adjacent to an activating group) is 1. The van der Waals surface area contributed by atoms with Gasteiger partial charge in [0.2, 0.25) is 0 Å². The lowest BCUT2D eigenvalue weighted by atomic mass is 9.94. The molecule has 22 heavy (non-hydrogen) atoms. The summed E-state index contributed by atoms with van der Waals surface area (Å²) in [5.41, 5.74) is 5.09. The first-order chi connectivity index (χ1) is 10.8. The lowest BCUT2D eigenvalue weighted by Crippen LogP contribution is -2.32. The molecule has 0 saturated heterocycles. The van der Waals surface area contributed by atoms with Gasteiger partial charge >= 0.3 is 0 Å². The molecule has 0 aliphatic carbocycles. The first-order valence-electron chi connectivity index (χ1n) is 7.56. The van der Waals surface area contributed by atoms with Crippen molar-refractivity contribution >= 4 is 10.9 Å². The van der Waals surface area contributed by atoms with Crippen molar-refractivity contribution in [3.8, 4) is 5.75 Å². The standard InChI is InChI=1S/C18H19N3O/c1-21-9-7-14-15-10-13(22-2)5-6-16(15)20-17(14)18(21)12-4-3-8-19-11-12/h3-6,8,10-11,18,20H,7,9H2,1-2H3/t18-/m0/s1. The van der Waals surface area contributed by atoms with E-state index in [2.05, 4.69) is 40.1 Å². The van der Waals surface area contributed by atoms with Crippen molar-refractivity contribution in [1.82, 2.24) is 14.9 Å². The number of ether oxygens (including phenoxy) is 1. The molecular weight excluding hydrogens is 274 g/mol. The van der Waals surface area contributed by atoms with E-state index < -0.39 is 0 Å². The number of nitrogens with zero attached hydrogens (tertiary/aromatic N) is 2. The number of rotatable bonds is 2. The molecule has 1 aliphatic rings. The van der Waals surface area contributed by atoms with E-state index in [0.717, 1.165) is 18.7 Å². The quantitative estimate of drug-likeness (QED) is 0.789. The van der Waals surface area contributed by atoms with Crippen LogP contribution in [0.2, 0.25) is 0 Å². The van der Waals surface area contributed by atoms with Crippen LogP contribution in [0.1, 0.15) is 22.9 Å². The molecule has 4 rings (SSSR count). The second-order valence-corrected chi connectivity index (χ2v) is 5.85. The topological polar surface area (TPSA) is 41.1 Å². The largest absolute Gasteiger partial charge is 0.497 e. The summed E-state index contributed by atoms with van der Waals surface area (Å²) in [7, 11) is 3.89. The number of aromatic amines is 1. The first kappa shape index (κ1) is 13.3. The summed E-state index contributed by atoms with van der Waals surface area (Å²) in [6.45, 7) is 1.04. The van der Waals surface area contributed by atoms with Crippen molar-refractivity contribution in [1.29, 1.82) is 0 Å². The van der Waals surface area contributed by atoms with Crippen molar-refractivity contribution in [3.63, 3.8) is 0 Å². The fourth-order valence-corrected chi connectivity index (χ4v) is 3.47. The molecule has 4 heteroatoms. The highest BCUT2D eigenvalue weighted by molar-refractivity contribution is 5.86. The Bertz CT molecular complexity index is 810. The summed E-state index contributed by atoms with van der Waals surface area (Å²) in [5, 5.41) is 1.27. The molecule has 2 aromatic heterocycles. The number of nitrogens with one attached hydrogen (secondary N) is 1. The zero-order chi connectivity index (χ0) is 15.1. The molecule has 1 atom stereocenters. The van der Waals surface area contributed by atoms with Gasteiger partial charge in [-0.2, -0.15) is 0 Å². The van der Waals surface area contributed by atoms with Gasteiger partial charge in [-0.25, -0.2) is 0 Å². The Balaban J connectivity index is 1.91. The van der Waals surface area contributed by atoms with Crippen LogP contribution in [-0.2, 0) is 6.42 Å². The van der Waals surface area contributed by atoms with Gasteiger partial charge in [0.15, 0.2) is 0 Å². The predicted molar refractivity (Wildman–Crippen MR) is 87.3 cm³/mol. The molecule has 0 radical (unpaired) electrons. The highest BCUT2D eigenvalue weighted by atomic mass is 16.5. The Morgan fingerprint density at radius 3 is 3.00 bits per heavy atom. The minimum absolute atomic E-state index is 0.232. The maximum Gasteiger partial charge on any atom is 0.119 e. The molecule has 3 aromatic rings. The van der Waals surface area contributed by atoms with E-state index in [4.69, 9.17) is 4.74 Å². The smallest absolute Gasteiger partial charge is 0.119 e. The Kier molecular flexibility index (Phi) is 3.12. The van der Waals surface area contributed by atoms with E-state index in [-0.39, 0.29) is 6.04 Å². The summed E-state index contributed by atoms with van der Waals surface area (Å²) >= 11 is 0. The SMILES string of the molecule is COc1ccc2[nH]c3c(c2c1)CCN(C)[C@H]3c1cccnc1. The summed E-state index contributed by atoms with van der Waals surface area (Å²) in [6, 6.07) is 10.6. The lowest BCUT2D eigenvalue weighted by Gasteiger charge is -2.32. The maximum atomic E-state index is 5.38. The molecule has 0 saturated carbocycles. The van der Waals surface area contributed by atoms with Crippen LogP contribution >= 0.6 is 0 Å². The van der Waals surface area contributed by atoms with Crippen LogP contribution in [0.5, 0.6) is 5.75 Å². The molecule has 0 bridgehead atoms. The maximum absolute atomic E-state index is 5.38. The Morgan fingerprint density at radius 1 is 1.32 bits per heavy atom. The van der Waals surface area contributed by atoms with E-state index in [0.29, 0.717) is 0 Å². The monoisotopic (exact) mass is 293 g/mol. The molecule has 4 nitrogen and oxygen atoms in total. The third-order valence-corrected chi connectivity index (χ3v) is 4.58. The van der Waals surface area contributed by atoms with Crippen LogP contribution in [0.4, 0.5) is 0 Å². The second-order valence-electron chi connectivity index (χ2n) is 5.85. The van der Waals surface area contributed by atoms with Crippen LogP contribution in [-0.4, -0.2) is 35.6 Å². The summed E-state index contributed by atoms with van der Waals surface area (Å²) in [6.07, 6.45) is 4.83. The summed E-state index contributed by atoms with van der Waals surface area (Å²) in [4.78, 5) is 10.3. The molecule has 0 unspecified atom stereocenters. The molecule has 112 valence electrons. The number of fused-ring (bicyclic) bond motifs is 3. The molecule has 3 heterocycles. The summed E-state index contributed by atoms with van der Waals surface area (Å²) < 4.78 is 5.38. The molecular formula is C18H19N3O. The van der Waals surface area contributed by atoms with Gasteiger partial charge in [0.25, 0.3) is 0 Å². The van der Waals surface area contributed by atoms with Crippen molar-refractivity contribution in [2.75, 3.05) is 20.7 Å². The van der Waals surface area contributed by atoms with Gasteiger partial charge in [-0.3, -0.25) is 9.88 Å². The number of pyridine rings is 1. The number of hydrogen-bond acceptors (Lipinski definition) is 3. The average molecular weight is 293 g/mol. The number of H-pyrrole nitrogens is 1. The van der Waals surface area contributed by atoms with Crippen LogP contribution in [0.25, 0.3) is 10.9 Å². The first-order valence-corrected chi connectivity index (χ1v) is 7.56. The second kappa shape index (κ2) is 5.14. The van der Waals surface area contributed by atoms with Crippen molar-refractivity contribution < 1.29 is 4.74 Å². The normalized spacial score (nSPS) is 18.4. The van der Waals surface area contributed by atoms with Crippen LogP contribution in [0.3, 0.4) is 0 Å². The molecule has 0 fully saturated rings. The van der Waals surface area contributed by atoms with Crippen molar-refractivity contribution in [3.05, 3.63) is 59.5 Å². The average Bonchev–Trinajstić information content (AvgIpc) is 2.92. The summed E-state index contributed by atoms with van der Waals surface area (Å²) in [5.74, 6) is 0.908. The molecule has 1 aromatic carbocycles. The van der Waals surface area contributed by atoms with Gasteiger partial charge in [-0.1, -0.05) is 6.07 Å². The third kappa shape index (κ3) is 1.99. The predicted octanol–water partition coefficient (Wildman–Crippen LogP) is 3.15. The Morgan fingerprint density at radius 2 is 2.23 bits per heavy atom.